The second kappa shape index (κ2) is 7.91. The van der Waals surface area contributed by atoms with Gasteiger partial charge in [0.15, 0.2) is 0 Å². The molecule has 158 valence electrons. The van der Waals surface area contributed by atoms with Crippen LogP contribution in [0.1, 0.15) is 78.6 Å². The van der Waals surface area contributed by atoms with Crippen molar-refractivity contribution in [2.24, 2.45) is 34.5 Å². The van der Waals surface area contributed by atoms with Gasteiger partial charge in [0.25, 0.3) is 0 Å². The quantitative estimate of drug-likeness (QED) is 0.481. The minimum absolute atomic E-state index is 0.391. The van der Waals surface area contributed by atoms with Gasteiger partial charge in [-0.2, -0.15) is 0 Å². The van der Waals surface area contributed by atoms with Gasteiger partial charge in [-0.1, -0.05) is 32.9 Å². The van der Waals surface area contributed by atoms with Crippen molar-refractivity contribution in [2.75, 3.05) is 20.8 Å². The van der Waals surface area contributed by atoms with E-state index in [1.54, 1.807) is 11.1 Å². The molecule has 2 nitrogen and oxygen atoms in total. The van der Waals surface area contributed by atoms with Gasteiger partial charge in [0, 0.05) is 20.8 Å². The van der Waals surface area contributed by atoms with Gasteiger partial charge in [-0.05, 0) is 103 Å². The first-order valence-corrected chi connectivity index (χ1v) is 11.9. The number of rotatable bonds is 6. The van der Waals surface area contributed by atoms with E-state index in [-0.39, 0.29) is 0 Å². The highest BCUT2D eigenvalue weighted by atomic mass is 16.5. The van der Waals surface area contributed by atoms with Crippen LogP contribution in [-0.4, -0.2) is 26.9 Å². The van der Waals surface area contributed by atoms with Crippen molar-refractivity contribution < 1.29 is 9.47 Å². The maximum absolute atomic E-state index is 5.74. The fraction of sp³-hybridized carbons (Fsp3) is 0.846. The Hall–Kier alpha value is -0.600. The molecule has 0 amide bonds. The molecule has 0 N–H and O–H groups in total. The van der Waals surface area contributed by atoms with Gasteiger partial charge in [-0.25, -0.2) is 0 Å². The summed E-state index contributed by atoms with van der Waals surface area (Å²) < 4.78 is 11.0. The van der Waals surface area contributed by atoms with Crippen molar-refractivity contribution in [1.82, 2.24) is 0 Å². The highest BCUT2D eigenvalue weighted by Crippen LogP contribution is 2.65. The Balaban J connectivity index is 1.55. The number of allylic oxidation sites excluding steroid dienone is 4. The van der Waals surface area contributed by atoms with Crippen LogP contribution in [0.3, 0.4) is 0 Å². The van der Waals surface area contributed by atoms with Crippen LogP contribution in [0.4, 0.5) is 0 Å². The molecule has 2 saturated carbocycles. The van der Waals surface area contributed by atoms with E-state index in [9.17, 15) is 0 Å². The topological polar surface area (TPSA) is 18.5 Å². The maximum atomic E-state index is 5.74. The third kappa shape index (κ3) is 3.23. The van der Waals surface area contributed by atoms with E-state index >= 15 is 0 Å². The van der Waals surface area contributed by atoms with E-state index in [1.807, 2.05) is 14.2 Å². The summed E-state index contributed by atoms with van der Waals surface area (Å²) in [6.07, 6.45) is 17.5. The van der Waals surface area contributed by atoms with E-state index < -0.39 is 0 Å². The average molecular weight is 387 g/mol. The zero-order valence-corrected chi connectivity index (χ0v) is 18.9. The molecule has 0 aromatic carbocycles. The molecule has 4 rings (SSSR count). The molecule has 28 heavy (non-hydrogen) atoms. The molecule has 0 aromatic heterocycles. The van der Waals surface area contributed by atoms with Crippen molar-refractivity contribution in [2.45, 2.75) is 84.7 Å². The first kappa shape index (κ1) is 20.7. The standard InChI is InChI=1S/C26H42O2/c1-18(7-6-16-27-4)22-10-11-23-21-9-8-19-17-20(28-5)12-14-25(19,2)24(21)13-15-26(22,23)3/h9,13,18-20,22-23H,6-8,10-12,14-17H2,1-5H3. The number of ether oxygens (including phenoxy) is 2. The first-order chi connectivity index (χ1) is 13.4. The molecule has 0 spiro atoms. The molecule has 0 bridgehead atoms. The molecule has 4 aliphatic carbocycles. The van der Waals surface area contributed by atoms with E-state index in [0.717, 1.165) is 30.3 Å². The number of fused-ring (bicyclic) bond motifs is 5. The molecule has 0 saturated heterocycles. The Morgan fingerprint density at radius 1 is 1.14 bits per heavy atom. The summed E-state index contributed by atoms with van der Waals surface area (Å²) in [5.74, 6) is 3.24. The summed E-state index contributed by atoms with van der Waals surface area (Å²) in [6, 6.07) is 0. The Morgan fingerprint density at radius 2 is 1.96 bits per heavy atom. The van der Waals surface area contributed by atoms with Gasteiger partial charge in [-0.15, -0.1) is 0 Å². The zero-order valence-electron chi connectivity index (χ0n) is 18.9. The van der Waals surface area contributed by atoms with Crippen molar-refractivity contribution in [3.63, 3.8) is 0 Å². The summed E-state index contributed by atoms with van der Waals surface area (Å²) in [4.78, 5) is 0. The summed E-state index contributed by atoms with van der Waals surface area (Å²) in [5, 5.41) is 0. The lowest BCUT2D eigenvalue weighted by molar-refractivity contribution is 0.00252. The highest BCUT2D eigenvalue weighted by Gasteiger charge is 2.55. The zero-order chi connectivity index (χ0) is 19.9. The van der Waals surface area contributed by atoms with Gasteiger partial charge >= 0.3 is 0 Å². The van der Waals surface area contributed by atoms with E-state index in [2.05, 4.69) is 32.9 Å². The molecule has 0 heterocycles. The highest BCUT2D eigenvalue weighted by molar-refractivity contribution is 5.46. The predicted octanol–water partition coefficient (Wildman–Crippen LogP) is 6.56. The van der Waals surface area contributed by atoms with Crippen LogP contribution in [-0.2, 0) is 9.47 Å². The van der Waals surface area contributed by atoms with E-state index in [4.69, 9.17) is 9.47 Å². The Labute approximate surface area is 173 Å². The minimum Gasteiger partial charge on any atom is -0.385 e. The lowest BCUT2D eigenvalue weighted by Gasteiger charge is -2.53. The molecule has 4 aliphatic rings. The van der Waals surface area contributed by atoms with Crippen molar-refractivity contribution >= 4 is 0 Å². The second-order valence-corrected chi connectivity index (χ2v) is 10.8. The third-order valence-electron chi connectivity index (χ3n) is 9.54. The van der Waals surface area contributed by atoms with Crippen LogP contribution in [0.15, 0.2) is 23.3 Å². The molecular weight excluding hydrogens is 344 g/mol. The SMILES string of the molecule is COCCCC(C)C1CCC2C3=CCC4CC(OC)CCC4(C)C3=CCC21C. The van der Waals surface area contributed by atoms with E-state index in [0.29, 0.717) is 16.9 Å². The monoisotopic (exact) mass is 386 g/mol. The molecule has 0 aliphatic heterocycles. The first-order valence-electron chi connectivity index (χ1n) is 11.9. The molecule has 0 aromatic rings. The maximum Gasteiger partial charge on any atom is 0.0574 e. The summed E-state index contributed by atoms with van der Waals surface area (Å²) >= 11 is 0. The summed E-state index contributed by atoms with van der Waals surface area (Å²) in [7, 11) is 3.73. The molecule has 0 radical (unpaired) electrons. The lowest BCUT2D eigenvalue weighted by atomic mass is 9.51. The molecule has 7 unspecified atom stereocenters. The normalized spacial score (nSPS) is 43.5. The lowest BCUT2D eigenvalue weighted by Crippen LogP contribution is -2.45. The third-order valence-corrected chi connectivity index (χ3v) is 9.54. The summed E-state index contributed by atoms with van der Waals surface area (Å²) in [6.45, 7) is 8.61. The van der Waals surface area contributed by atoms with Crippen LogP contribution in [0.5, 0.6) is 0 Å². The number of hydrogen-bond acceptors (Lipinski definition) is 2. The number of hydrogen-bond donors (Lipinski definition) is 0. The Bertz CT molecular complexity index is 634. The fourth-order valence-electron chi connectivity index (χ4n) is 7.75. The smallest absolute Gasteiger partial charge is 0.0574 e. The molecule has 2 fully saturated rings. The van der Waals surface area contributed by atoms with Gasteiger partial charge < -0.3 is 9.47 Å². The predicted molar refractivity (Wildman–Crippen MR) is 116 cm³/mol. The minimum atomic E-state index is 0.391. The van der Waals surface area contributed by atoms with Gasteiger partial charge in [-0.3, -0.25) is 0 Å². The second-order valence-electron chi connectivity index (χ2n) is 10.8. The van der Waals surface area contributed by atoms with Crippen LogP contribution < -0.4 is 0 Å². The van der Waals surface area contributed by atoms with Crippen LogP contribution >= 0.6 is 0 Å². The van der Waals surface area contributed by atoms with E-state index in [1.165, 1.54) is 57.8 Å². The summed E-state index contributed by atoms with van der Waals surface area (Å²) in [5.41, 5.74) is 4.36. The van der Waals surface area contributed by atoms with Crippen LogP contribution in [0, 0.1) is 34.5 Å². The van der Waals surface area contributed by atoms with Crippen molar-refractivity contribution in [1.29, 1.82) is 0 Å². The van der Waals surface area contributed by atoms with Gasteiger partial charge in [0.05, 0.1) is 6.10 Å². The van der Waals surface area contributed by atoms with Gasteiger partial charge in [0.1, 0.15) is 0 Å². The molecule has 7 atom stereocenters. The van der Waals surface area contributed by atoms with Crippen molar-refractivity contribution in [3.05, 3.63) is 23.3 Å². The van der Waals surface area contributed by atoms with Crippen LogP contribution in [0.25, 0.3) is 0 Å². The van der Waals surface area contributed by atoms with Crippen molar-refractivity contribution in [3.8, 4) is 0 Å². The van der Waals surface area contributed by atoms with Crippen LogP contribution in [0.2, 0.25) is 0 Å². The molecular formula is C26H42O2. The largest absolute Gasteiger partial charge is 0.385 e. The molecule has 2 heteroatoms. The average Bonchev–Trinajstić information content (AvgIpc) is 3.04. The Kier molecular flexibility index (Phi) is 5.84. The Morgan fingerprint density at radius 3 is 2.71 bits per heavy atom. The number of methoxy groups -OCH3 is 2. The fourth-order valence-corrected chi connectivity index (χ4v) is 7.75. The van der Waals surface area contributed by atoms with Gasteiger partial charge in [0.2, 0.25) is 0 Å².